The number of aliphatic hydroxyl groups is 2. The van der Waals surface area contributed by atoms with Gasteiger partial charge in [0.2, 0.25) is 0 Å². The van der Waals surface area contributed by atoms with Gasteiger partial charge in [-0.05, 0) is 12.0 Å². The van der Waals surface area contributed by atoms with Crippen molar-refractivity contribution in [2.45, 2.75) is 18.6 Å². The number of hydrogen-bond acceptors (Lipinski definition) is 2. The molecule has 0 aromatic carbocycles. The molecule has 50 valence electrons. The van der Waals surface area contributed by atoms with Crippen molar-refractivity contribution >= 4 is 0 Å². The van der Waals surface area contributed by atoms with E-state index in [2.05, 4.69) is 6.58 Å². The average Bonchev–Trinajstić information content (AvgIpc) is 1.83. The maximum absolute atomic E-state index is 9.05. The molecule has 2 heteroatoms. The molecule has 0 saturated carbocycles. The van der Waals surface area contributed by atoms with Crippen molar-refractivity contribution < 1.29 is 10.2 Å². The van der Waals surface area contributed by atoms with Crippen LogP contribution in [0.3, 0.4) is 0 Å². The summed E-state index contributed by atoms with van der Waals surface area (Å²) in [6, 6.07) is 0. The van der Waals surface area contributed by atoms with E-state index in [0.29, 0.717) is 12.0 Å². The molecule has 0 unspecified atom stereocenters. The molecule has 2 atom stereocenters. The summed E-state index contributed by atoms with van der Waals surface area (Å²) in [4.78, 5) is 0. The van der Waals surface area contributed by atoms with Gasteiger partial charge in [-0.3, -0.25) is 0 Å². The van der Waals surface area contributed by atoms with E-state index in [0.717, 1.165) is 0 Å². The van der Waals surface area contributed by atoms with E-state index in [1.807, 2.05) is 0 Å². The lowest BCUT2D eigenvalue weighted by Crippen LogP contribution is -2.28. The summed E-state index contributed by atoms with van der Waals surface area (Å²) in [5.41, 5.74) is 0.591. The van der Waals surface area contributed by atoms with Gasteiger partial charge in [0.25, 0.3) is 0 Å². The van der Waals surface area contributed by atoms with Crippen LogP contribution in [0.15, 0.2) is 24.3 Å². The maximum atomic E-state index is 9.05. The zero-order chi connectivity index (χ0) is 6.85. The maximum Gasteiger partial charge on any atom is 0.105 e. The van der Waals surface area contributed by atoms with Crippen molar-refractivity contribution in [3.05, 3.63) is 24.3 Å². The second kappa shape index (κ2) is 2.33. The first kappa shape index (κ1) is 6.52. The van der Waals surface area contributed by atoms with Crippen LogP contribution in [0.25, 0.3) is 0 Å². The topological polar surface area (TPSA) is 40.5 Å². The third-order valence-corrected chi connectivity index (χ3v) is 1.45. The first-order valence-electron chi connectivity index (χ1n) is 2.93. The second-order valence-corrected chi connectivity index (χ2v) is 2.23. The first-order chi connectivity index (χ1) is 4.22. The molecule has 1 rings (SSSR count). The largest absolute Gasteiger partial charge is 0.390 e. The summed E-state index contributed by atoms with van der Waals surface area (Å²) in [5, 5.41) is 18.0. The normalized spacial score (nSPS) is 35.1. The standard InChI is InChI=1S/C7H10O2/c1-5-3-2-4-6(8)7(5)9/h2-3,6-9H,1,4H2/t6-,7-/m1/s1. The van der Waals surface area contributed by atoms with Gasteiger partial charge in [-0.2, -0.15) is 0 Å². The lowest BCUT2D eigenvalue weighted by Gasteiger charge is -2.20. The number of rotatable bonds is 0. The van der Waals surface area contributed by atoms with Crippen molar-refractivity contribution in [1.82, 2.24) is 0 Å². The van der Waals surface area contributed by atoms with Gasteiger partial charge in [-0.15, -0.1) is 0 Å². The fraction of sp³-hybridized carbons (Fsp3) is 0.429. The molecule has 0 bridgehead atoms. The average molecular weight is 126 g/mol. The minimum Gasteiger partial charge on any atom is -0.390 e. The van der Waals surface area contributed by atoms with E-state index in [9.17, 15) is 0 Å². The summed E-state index contributed by atoms with van der Waals surface area (Å²) in [7, 11) is 0. The van der Waals surface area contributed by atoms with Crippen molar-refractivity contribution in [2.24, 2.45) is 0 Å². The molecule has 9 heavy (non-hydrogen) atoms. The zero-order valence-corrected chi connectivity index (χ0v) is 5.12. The Morgan fingerprint density at radius 3 is 2.67 bits per heavy atom. The summed E-state index contributed by atoms with van der Waals surface area (Å²) in [6.45, 7) is 3.55. The van der Waals surface area contributed by atoms with Crippen LogP contribution >= 0.6 is 0 Å². The summed E-state index contributed by atoms with van der Waals surface area (Å²) in [6.07, 6.45) is 2.66. The Labute approximate surface area is 54.1 Å². The Hall–Kier alpha value is -0.600. The lowest BCUT2D eigenvalue weighted by molar-refractivity contribution is 0.0431. The molecule has 1 aliphatic rings. The van der Waals surface area contributed by atoms with Crippen molar-refractivity contribution in [1.29, 1.82) is 0 Å². The monoisotopic (exact) mass is 126 g/mol. The van der Waals surface area contributed by atoms with Crippen LogP contribution in [0, 0.1) is 0 Å². The molecule has 0 aliphatic heterocycles. The molecule has 0 aromatic heterocycles. The van der Waals surface area contributed by atoms with Crippen LogP contribution in [-0.2, 0) is 0 Å². The molecular weight excluding hydrogens is 116 g/mol. The van der Waals surface area contributed by atoms with Gasteiger partial charge in [0.15, 0.2) is 0 Å². The van der Waals surface area contributed by atoms with Crippen LogP contribution in [0.1, 0.15) is 6.42 Å². The SMILES string of the molecule is C=C1C=CC[C@@H](O)[C@@H]1O. The Morgan fingerprint density at radius 2 is 2.22 bits per heavy atom. The molecule has 2 N–H and O–H groups in total. The van der Waals surface area contributed by atoms with E-state index in [4.69, 9.17) is 10.2 Å². The van der Waals surface area contributed by atoms with Crippen molar-refractivity contribution in [3.63, 3.8) is 0 Å². The van der Waals surface area contributed by atoms with Crippen LogP contribution < -0.4 is 0 Å². The van der Waals surface area contributed by atoms with Gasteiger partial charge in [0, 0.05) is 0 Å². The first-order valence-corrected chi connectivity index (χ1v) is 2.93. The van der Waals surface area contributed by atoms with Gasteiger partial charge in [0.1, 0.15) is 6.10 Å². The van der Waals surface area contributed by atoms with E-state index in [-0.39, 0.29) is 0 Å². The third-order valence-electron chi connectivity index (χ3n) is 1.45. The van der Waals surface area contributed by atoms with Gasteiger partial charge < -0.3 is 10.2 Å². The Kier molecular flexibility index (Phi) is 1.69. The zero-order valence-electron chi connectivity index (χ0n) is 5.12. The van der Waals surface area contributed by atoms with Crippen LogP contribution in [0.2, 0.25) is 0 Å². The lowest BCUT2D eigenvalue weighted by atomic mass is 9.98. The highest BCUT2D eigenvalue weighted by Gasteiger charge is 2.19. The smallest absolute Gasteiger partial charge is 0.105 e. The number of hydrogen-bond donors (Lipinski definition) is 2. The highest BCUT2D eigenvalue weighted by Crippen LogP contribution is 2.15. The van der Waals surface area contributed by atoms with Gasteiger partial charge in [0.05, 0.1) is 6.10 Å². The van der Waals surface area contributed by atoms with Gasteiger partial charge >= 0.3 is 0 Å². The molecule has 0 spiro atoms. The summed E-state index contributed by atoms with van der Waals surface area (Å²) >= 11 is 0. The van der Waals surface area contributed by atoms with Crippen LogP contribution in [0.4, 0.5) is 0 Å². The molecule has 0 saturated heterocycles. The fourth-order valence-electron chi connectivity index (χ4n) is 0.833. The molecule has 0 amide bonds. The van der Waals surface area contributed by atoms with Crippen LogP contribution in [0.5, 0.6) is 0 Å². The molecule has 0 radical (unpaired) electrons. The highest BCUT2D eigenvalue weighted by atomic mass is 16.3. The molecule has 0 fully saturated rings. The second-order valence-electron chi connectivity index (χ2n) is 2.23. The van der Waals surface area contributed by atoms with Crippen molar-refractivity contribution in [3.8, 4) is 0 Å². The molecule has 2 nitrogen and oxygen atoms in total. The predicted octanol–water partition coefficient (Wildman–Crippen LogP) is 0.224. The Balaban J connectivity index is 2.69. The quantitative estimate of drug-likeness (QED) is 0.487. The van der Waals surface area contributed by atoms with E-state index in [1.54, 1.807) is 12.2 Å². The summed E-state index contributed by atoms with van der Waals surface area (Å²) in [5.74, 6) is 0. The van der Waals surface area contributed by atoms with E-state index in [1.165, 1.54) is 0 Å². The third kappa shape index (κ3) is 1.20. The minimum absolute atomic E-state index is 0.528. The minimum atomic E-state index is -0.755. The van der Waals surface area contributed by atoms with E-state index >= 15 is 0 Å². The Morgan fingerprint density at radius 1 is 1.56 bits per heavy atom. The Bertz CT molecular complexity index is 149. The van der Waals surface area contributed by atoms with Gasteiger partial charge in [-0.25, -0.2) is 0 Å². The fourth-order valence-corrected chi connectivity index (χ4v) is 0.833. The summed E-state index contributed by atoms with van der Waals surface area (Å²) < 4.78 is 0. The predicted molar refractivity (Wildman–Crippen MR) is 34.9 cm³/mol. The van der Waals surface area contributed by atoms with Crippen molar-refractivity contribution in [2.75, 3.05) is 0 Å². The van der Waals surface area contributed by atoms with Gasteiger partial charge in [-0.1, -0.05) is 18.7 Å². The highest BCUT2D eigenvalue weighted by molar-refractivity contribution is 5.24. The number of aliphatic hydroxyl groups excluding tert-OH is 2. The molecule has 0 heterocycles. The van der Waals surface area contributed by atoms with E-state index < -0.39 is 12.2 Å². The molecular formula is C7H10O2. The van der Waals surface area contributed by atoms with Crippen LogP contribution in [-0.4, -0.2) is 22.4 Å². The molecule has 1 aliphatic carbocycles. The molecule has 0 aromatic rings.